The number of benzene rings is 1. The van der Waals surface area contributed by atoms with E-state index in [0.717, 1.165) is 38.1 Å². The lowest BCUT2D eigenvalue weighted by molar-refractivity contribution is -0.122. The molecule has 1 amide bonds. The normalized spacial score (nSPS) is 24.9. The number of rotatable bonds is 5. The minimum atomic E-state index is 0.0809. The van der Waals surface area contributed by atoms with Crippen molar-refractivity contribution in [3.63, 3.8) is 0 Å². The van der Waals surface area contributed by atoms with Crippen LogP contribution in [0.1, 0.15) is 44.1 Å². The summed E-state index contributed by atoms with van der Waals surface area (Å²) in [5.41, 5.74) is 5.19. The van der Waals surface area contributed by atoms with E-state index in [2.05, 4.69) is 34.5 Å². The van der Waals surface area contributed by atoms with Crippen molar-refractivity contribution < 1.29 is 4.79 Å². The summed E-state index contributed by atoms with van der Waals surface area (Å²) in [7, 11) is 0. The summed E-state index contributed by atoms with van der Waals surface area (Å²) >= 11 is 0. The van der Waals surface area contributed by atoms with Gasteiger partial charge in [-0.25, -0.2) is 5.43 Å². The van der Waals surface area contributed by atoms with Crippen molar-refractivity contribution in [2.24, 2.45) is 11.0 Å². The molecule has 0 bridgehead atoms. The molecule has 0 aromatic heterocycles. The molecule has 2 aliphatic rings. The molecule has 1 heterocycles. The minimum absolute atomic E-state index is 0.0809. The molecule has 4 heteroatoms. The van der Waals surface area contributed by atoms with Crippen LogP contribution in [0.3, 0.4) is 0 Å². The van der Waals surface area contributed by atoms with Gasteiger partial charge in [-0.1, -0.05) is 37.3 Å². The van der Waals surface area contributed by atoms with Gasteiger partial charge in [0.15, 0.2) is 0 Å². The maximum absolute atomic E-state index is 12.2. The van der Waals surface area contributed by atoms with Crippen molar-refractivity contribution in [3.05, 3.63) is 35.9 Å². The molecule has 1 N–H and O–H groups in total. The van der Waals surface area contributed by atoms with Gasteiger partial charge in [-0.05, 0) is 30.9 Å². The quantitative estimate of drug-likeness (QED) is 0.850. The van der Waals surface area contributed by atoms with Gasteiger partial charge >= 0.3 is 0 Å². The number of amides is 1. The third kappa shape index (κ3) is 3.74. The molecule has 1 aliphatic carbocycles. The van der Waals surface area contributed by atoms with E-state index in [4.69, 9.17) is 0 Å². The highest BCUT2D eigenvalue weighted by Gasteiger charge is 2.43. The standard InChI is InChI=1S/C18H25N3O/c1-2-10-21-11-8-15(9-12-21)19-20-18(22)17-13-16(17)14-6-4-3-5-7-14/h3-7,16-17H,2,8-13H2,1H3,(H,20,22)/t16-,17+/m1/s1. The van der Waals surface area contributed by atoms with E-state index in [1.165, 1.54) is 18.5 Å². The van der Waals surface area contributed by atoms with Gasteiger partial charge in [0.1, 0.15) is 0 Å². The van der Waals surface area contributed by atoms with Crippen LogP contribution in [0, 0.1) is 5.92 Å². The maximum Gasteiger partial charge on any atom is 0.243 e. The van der Waals surface area contributed by atoms with Crippen LogP contribution in [0.4, 0.5) is 0 Å². The summed E-state index contributed by atoms with van der Waals surface area (Å²) < 4.78 is 0. The van der Waals surface area contributed by atoms with Crippen molar-refractivity contribution in [2.45, 2.75) is 38.5 Å². The lowest BCUT2D eigenvalue weighted by atomic mass is 10.1. The Morgan fingerprint density at radius 3 is 2.68 bits per heavy atom. The largest absolute Gasteiger partial charge is 0.303 e. The van der Waals surface area contributed by atoms with Gasteiger partial charge in [-0.3, -0.25) is 4.79 Å². The first-order valence-electron chi connectivity index (χ1n) is 8.40. The van der Waals surface area contributed by atoms with Crippen molar-refractivity contribution in [1.82, 2.24) is 10.3 Å². The van der Waals surface area contributed by atoms with Crippen molar-refractivity contribution in [1.29, 1.82) is 0 Å². The second-order valence-corrected chi connectivity index (χ2v) is 6.36. The lowest BCUT2D eigenvalue weighted by Gasteiger charge is -2.26. The summed E-state index contributed by atoms with van der Waals surface area (Å²) in [5.74, 6) is 0.567. The van der Waals surface area contributed by atoms with Crippen LogP contribution in [0.15, 0.2) is 35.4 Å². The number of hydrogen-bond acceptors (Lipinski definition) is 3. The molecule has 0 spiro atoms. The number of nitrogens with zero attached hydrogens (tertiary/aromatic N) is 2. The second kappa shape index (κ2) is 7.05. The van der Waals surface area contributed by atoms with Crippen molar-refractivity contribution >= 4 is 11.6 Å². The molecule has 1 aromatic rings. The molecule has 22 heavy (non-hydrogen) atoms. The number of piperidine rings is 1. The Bertz CT molecular complexity index is 531. The van der Waals surface area contributed by atoms with Crippen LogP contribution in [0.5, 0.6) is 0 Å². The number of hydrogen-bond donors (Lipinski definition) is 1. The van der Waals surface area contributed by atoms with Crippen LogP contribution in [0.25, 0.3) is 0 Å². The van der Waals surface area contributed by atoms with Crippen LogP contribution in [-0.2, 0) is 4.79 Å². The Balaban J connectivity index is 1.45. The average Bonchev–Trinajstić information content (AvgIpc) is 3.36. The zero-order valence-corrected chi connectivity index (χ0v) is 13.3. The van der Waals surface area contributed by atoms with Crippen molar-refractivity contribution in [3.8, 4) is 0 Å². The molecule has 4 nitrogen and oxygen atoms in total. The number of hydrazone groups is 1. The van der Waals surface area contributed by atoms with E-state index in [9.17, 15) is 4.79 Å². The first-order valence-corrected chi connectivity index (χ1v) is 8.40. The fourth-order valence-corrected chi connectivity index (χ4v) is 3.23. The second-order valence-electron chi connectivity index (χ2n) is 6.36. The van der Waals surface area contributed by atoms with E-state index >= 15 is 0 Å². The van der Waals surface area contributed by atoms with E-state index in [1.807, 2.05) is 18.2 Å². The van der Waals surface area contributed by atoms with Crippen LogP contribution in [0.2, 0.25) is 0 Å². The third-order valence-electron chi connectivity index (χ3n) is 4.65. The summed E-state index contributed by atoms with van der Waals surface area (Å²) in [6.45, 7) is 5.51. The third-order valence-corrected chi connectivity index (χ3v) is 4.65. The molecule has 0 radical (unpaired) electrons. The highest BCUT2D eigenvalue weighted by atomic mass is 16.2. The Morgan fingerprint density at radius 2 is 2.00 bits per heavy atom. The highest BCUT2D eigenvalue weighted by Crippen LogP contribution is 2.47. The SMILES string of the molecule is CCCN1CCC(=NNC(=O)[C@H]2C[C@@H]2c2ccccc2)CC1. The molecular weight excluding hydrogens is 274 g/mol. The molecule has 3 rings (SSSR count). The van der Waals surface area contributed by atoms with Gasteiger partial charge in [0.2, 0.25) is 5.91 Å². The molecule has 1 aliphatic heterocycles. The summed E-state index contributed by atoms with van der Waals surface area (Å²) in [6, 6.07) is 10.3. The first kappa shape index (κ1) is 15.2. The van der Waals surface area contributed by atoms with E-state index in [-0.39, 0.29) is 11.8 Å². The van der Waals surface area contributed by atoms with Crippen LogP contribution < -0.4 is 5.43 Å². The van der Waals surface area contributed by atoms with Crippen LogP contribution in [-0.4, -0.2) is 36.2 Å². The molecule has 2 fully saturated rings. The summed E-state index contributed by atoms with van der Waals surface area (Å²) in [6.07, 6.45) is 4.11. The van der Waals surface area contributed by atoms with Gasteiger partial charge < -0.3 is 4.90 Å². The Hall–Kier alpha value is -1.68. The molecule has 118 valence electrons. The predicted molar refractivity (Wildman–Crippen MR) is 88.8 cm³/mol. The fourth-order valence-electron chi connectivity index (χ4n) is 3.23. The van der Waals surface area contributed by atoms with Gasteiger partial charge in [-0.15, -0.1) is 0 Å². The molecule has 1 saturated carbocycles. The van der Waals surface area contributed by atoms with Gasteiger partial charge in [-0.2, -0.15) is 5.10 Å². The topological polar surface area (TPSA) is 44.7 Å². The molecule has 1 saturated heterocycles. The molecule has 0 unspecified atom stereocenters. The zero-order valence-electron chi connectivity index (χ0n) is 13.3. The Morgan fingerprint density at radius 1 is 1.27 bits per heavy atom. The van der Waals surface area contributed by atoms with Gasteiger partial charge in [0.25, 0.3) is 0 Å². The molecule has 2 atom stereocenters. The molecule has 1 aromatic carbocycles. The summed E-state index contributed by atoms with van der Waals surface area (Å²) in [5, 5.41) is 4.36. The number of likely N-dealkylation sites (tertiary alicyclic amines) is 1. The predicted octanol–water partition coefficient (Wildman–Crippen LogP) is 2.77. The number of carbonyl (C=O) groups is 1. The maximum atomic E-state index is 12.2. The van der Waals surface area contributed by atoms with E-state index < -0.39 is 0 Å². The monoisotopic (exact) mass is 299 g/mol. The Kier molecular flexibility index (Phi) is 4.88. The number of nitrogens with one attached hydrogen (secondary N) is 1. The van der Waals surface area contributed by atoms with Gasteiger partial charge in [0.05, 0.1) is 0 Å². The first-order chi connectivity index (χ1) is 10.8. The lowest BCUT2D eigenvalue weighted by Crippen LogP contribution is -2.35. The number of carbonyl (C=O) groups excluding carboxylic acids is 1. The van der Waals surface area contributed by atoms with Crippen molar-refractivity contribution in [2.75, 3.05) is 19.6 Å². The van der Waals surface area contributed by atoms with Crippen LogP contribution >= 0.6 is 0 Å². The zero-order chi connectivity index (χ0) is 15.4. The average molecular weight is 299 g/mol. The Labute approximate surface area is 132 Å². The molecular formula is C18H25N3O. The van der Waals surface area contributed by atoms with E-state index in [1.54, 1.807) is 0 Å². The fraction of sp³-hybridized carbons (Fsp3) is 0.556. The smallest absolute Gasteiger partial charge is 0.243 e. The summed E-state index contributed by atoms with van der Waals surface area (Å²) in [4.78, 5) is 14.6. The van der Waals surface area contributed by atoms with Gasteiger partial charge in [0, 0.05) is 37.6 Å². The minimum Gasteiger partial charge on any atom is -0.303 e. The van der Waals surface area contributed by atoms with E-state index in [0.29, 0.717) is 5.92 Å². The highest BCUT2D eigenvalue weighted by molar-refractivity contribution is 5.88.